The number of aromatic amines is 1. The van der Waals surface area contributed by atoms with Gasteiger partial charge in [-0.2, -0.15) is 0 Å². The lowest BCUT2D eigenvalue weighted by Crippen LogP contribution is -2.32. The van der Waals surface area contributed by atoms with Crippen LogP contribution in [0.25, 0.3) is 11.4 Å². The van der Waals surface area contributed by atoms with Gasteiger partial charge in [0.1, 0.15) is 4.90 Å². The number of carbonyl (C=O) groups is 1. The SMILES string of the molecule is O=C1c2ccccc2S(=O)(=O)N1CCSc1n[nH]c(-c2ccccc2)n1. The van der Waals surface area contributed by atoms with E-state index >= 15 is 0 Å². The molecule has 0 spiro atoms. The lowest BCUT2D eigenvalue weighted by Gasteiger charge is -2.13. The average Bonchev–Trinajstić information content (AvgIpc) is 3.20. The van der Waals surface area contributed by atoms with Crippen LogP contribution in [0, 0.1) is 0 Å². The molecule has 26 heavy (non-hydrogen) atoms. The molecule has 0 bridgehead atoms. The number of rotatable bonds is 5. The number of nitrogens with one attached hydrogen (secondary N) is 1. The maximum Gasteiger partial charge on any atom is 0.269 e. The van der Waals surface area contributed by atoms with E-state index in [1.807, 2.05) is 30.3 Å². The van der Waals surface area contributed by atoms with Crippen molar-refractivity contribution in [2.75, 3.05) is 12.3 Å². The normalized spacial score (nSPS) is 15.2. The zero-order chi connectivity index (χ0) is 18.1. The molecule has 4 rings (SSSR count). The molecule has 3 aromatic rings. The molecule has 9 heteroatoms. The average molecular weight is 386 g/mol. The molecular weight excluding hydrogens is 372 g/mol. The van der Waals surface area contributed by atoms with Crippen molar-refractivity contribution in [1.29, 1.82) is 0 Å². The molecule has 1 aliphatic heterocycles. The number of fused-ring (bicyclic) bond motifs is 1. The Balaban J connectivity index is 1.43. The molecule has 2 heterocycles. The summed E-state index contributed by atoms with van der Waals surface area (Å²) in [5.74, 6) is 0.525. The maximum atomic E-state index is 12.5. The van der Waals surface area contributed by atoms with Crippen LogP contribution in [0.4, 0.5) is 0 Å². The first-order valence-corrected chi connectivity index (χ1v) is 10.3. The predicted molar refractivity (Wildman–Crippen MR) is 97.2 cm³/mol. The van der Waals surface area contributed by atoms with Crippen LogP contribution in [0.15, 0.2) is 64.6 Å². The number of hydrogen-bond acceptors (Lipinski definition) is 6. The number of nitrogens with zero attached hydrogens (tertiary/aromatic N) is 3. The third-order valence-corrected chi connectivity index (χ3v) is 6.62. The van der Waals surface area contributed by atoms with Crippen molar-refractivity contribution in [3.8, 4) is 11.4 Å². The second-order valence-electron chi connectivity index (χ2n) is 5.56. The van der Waals surface area contributed by atoms with Gasteiger partial charge in [-0.1, -0.05) is 54.2 Å². The summed E-state index contributed by atoms with van der Waals surface area (Å²) in [5, 5.41) is 7.49. The highest BCUT2D eigenvalue weighted by Gasteiger charge is 2.40. The van der Waals surface area contributed by atoms with E-state index in [4.69, 9.17) is 0 Å². The molecular formula is C17H14N4O3S2. The van der Waals surface area contributed by atoms with Gasteiger partial charge in [-0.3, -0.25) is 9.89 Å². The monoisotopic (exact) mass is 386 g/mol. The van der Waals surface area contributed by atoms with E-state index in [0.29, 0.717) is 16.7 Å². The Morgan fingerprint density at radius 3 is 2.54 bits per heavy atom. The topological polar surface area (TPSA) is 96.0 Å². The predicted octanol–water partition coefficient (Wildman–Crippen LogP) is 2.41. The summed E-state index contributed by atoms with van der Waals surface area (Å²) in [5.41, 5.74) is 1.14. The van der Waals surface area contributed by atoms with E-state index in [9.17, 15) is 13.2 Å². The van der Waals surface area contributed by atoms with E-state index in [1.54, 1.807) is 12.1 Å². The van der Waals surface area contributed by atoms with Crippen molar-refractivity contribution in [2.24, 2.45) is 0 Å². The van der Waals surface area contributed by atoms with Gasteiger partial charge in [0.05, 0.1) is 5.56 Å². The van der Waals surface area contributed by atoms with Gasteiger partial charge in [-0.15, -0.1) is 5.10 Å². The summed E-state index contributed by atoms with van der Waals surface area (Å²) in [6.45, 7) is 0.0652. The van der Waals surface area contributed by atoms with E-state index in [1.165, 1.54) is 23.9 Å². The largest absolute Gasteiger partial charge is 0.269 e. The zero-order valence-electron chi connectivity index (χ0n) is 13.5. The molecule has 1 aliphatic rings. The number of benzene rings is 2. The first-order valence-electron chi connectivity index (χ1n) is 7.84. The Bertz CT molecular complexity index is 1060. The Kier molecular flexibility index (Phi) is 4.25. The number of H-pyrrole nitrogens is 1. The number of amides is 1. The highest BCUT2D eigenvalue weighted by Crippen LogP contribution is 2.30. The highest BCUT2D eigenvalue weighted by atomic mass is 32.2. The van der Waals surface area contributed by atoms with Crippen LogP contribution in [-0.2, 0) is 10.0 Å². The van der Waals surface area contributed by atoms with Crippen LogP contribution >= 0.6 is 11.8 Å². The lowest BCUT2D eigenvalue weighted by atomic mass is 10.2. The molecule has 2 aromatic carbocycles. The minimum Gasteiger partial charge on any atom is -0.268 e. The van der Waals surface area contributed by atoms with E-state index < -0.39 is 15.9 Å². The van der Waals surface area contributed by atoms with Gasteiger partial charge in [-0.05, 0) is 12.1 Å². The summed E-state index contributed by atoms with van der Waals surface area (Å²) in [7, 11) is -3.77. The molecule has 0 radical (unpaired) electrons. The molecule has 1 aromatic heterocycles. The molecule has 132 valence electrons. The van der Waals surface area contributed by atoms with Crippen molar-refractivity contribution in [3.63, 3.8) is 0 Å². The quantitative estimate of drug-likeness (QED) is 0.677. The number of hydrogen-bond donors (Lipinski definition) is 1. The number of thioether (sulfide) groups is 1. The van der Waals surface area contributed by atoms with Gasteiger partial charge in [0.15, 0.2) is 5.82 Å². The van der Waals surface area contributed by atoms with Crippen LogP contribution in [-0.4, -0.2) is 46.1 Å². The van der Waals surface area contributed by atoms with Crippen molar-refractivity contribution in [1.82, 2.24) is 19.5 Å². The van der Waals surface area contributed by atoms with Crippen LogP contribution in [0.3, 0.4) is 0 Å². The Morgan fingerprint density at radius 1 is 1.04 bits per heavy atom. The smallest absolute Gasteiger partial charge is 0.268 e. The number of aromatic nitrogens is 3. The van der Waals surface area contributed by atoms with Crippen LogP contribution in [0.5, 0.6) is 0 Å². The molecule has 1 amide bonds. The Morgan fingerprint density at radius 2 is 1.77 bits per heavy atom. The van der Waals surface area contributed by atoms with E-state index in [2.05, 4.69) is 15.2 Å². The molecule has 0 fully saturated rings. The van der Waals surface area contributed by atoms with Gasteiger partial charge >= 0.3 is 0 Å². The fourth-order valence-electron chi connectivity index (χ4n) is 2.71. The van der Waals surface area contributed by atoms with Crippen molar-refractivity contribution in [2.45, 2.75) is 10.1 Å². The minimum atomic E-state index is -3.77. The van der Waals surface area contributed by atoms with Gasteiger partial charge in [0, 0.05) is 17.9 Å². The standard InChI is InChI=1S/C17H14N4O3S2/c22-16-13-8-4-5-9-14(13)26(23,24)21(16)10-11-25-17-18-15(19-20-17)12-6-2-1-3-7-12/h1-9H,10-11H2,(H,18,19,20). The van der Waals surface area contributed by atoms with Gasteiger partial charge in [0.2, 0.25) is 5.16 Å². The summed E-state index contributed by atoms with van der Waals surface area (Å²) >= 11 is 1.29. The van der Waals surface area contributed by atoms with Gasteiger partial charge < -0.3 is 0 Å². The van der Waals surface area contributed by atoms with Crippen LogP contribution < -0.4 is 0 Å². The van der Waals surface area contributed by atoms with Crippen molar-refractivity contribution >= 4 is 27.7 Å². The molecule has 7 nitrogen and oxygen atoms in total. The third kappa shape index (κ3) is 2.89. The molecule has 0 atom stereocenters. The summed E-state index contributed by atoms with van der Waals surface area (Å²) in [4.78, 5) is 16.8. The Labute approximate surface area is 154 Å². The molecule has 0 saturated heterocycles. The van der Waals surface area contributed by atoms with Crippen LogP contribution in [0.1, 0.15) is 10.4 Å². The first-order chi connectivity index (χ1) is 12.6. The van der Waals surface area contributed by atoms with E-state index in [0.717, 1.165) is 9.87 Å². The summed E-state index contributed by atoms with van der Waals surface area (Å²) < 4.78 is 25.9. The lowest BCUT2D eigenvalue weighted by molar-refractivity contribution is 0.0876. The molecule has 0 aliphatic carbocycles. The molecule has 1 N–H and O–H groups in total. The van der Waals surface area contributed by atoms with Crippen molar-refractivity contribution < 1.29 is 13.2 Å². The fourth-order valence-corrected chi connectivity index (χ4v) is 5.12. The summed E-state index contributed by atoms with van der Waals surface area (Å²) in [6, 6.07) is 15.8. The van der Waals surface area contributed by atoms with Gasteiger partial charge in [0.25, 0.3) is 15.9 Å². The minimum absolute atomic E-state index is 0.0652. The molecule has 0 saturated carbocycles. The van der Waals surface area contributed by atoms with Crippen molar-refractivity contribution in [3.05, 3.63) is 60.2 Å². The van der Waals surface area contributed by atoms with Gasteiger partial charge in [-0.25, -0.2) is 17.7 Å². The zero-order valence-corrected chi connectivity index (χ0v) is 15.1. The third-order valence-electron chi connectivity index (χ3n) is 3.95. The highest BCUT2D eigenvalue weighted by molar-refractivity contribution is 7.99. The van der Waals surface area contributed by atoms with Crippen LogP contribution in [0.2, 0.25) is 0 Å². The summed E-state index contributed by atoms with van der Waals surface area (Å²) in [6.07, 6.45) is 0. The first kappa shape index (κ1) is 16.8. The second kappa shape index (κ2) is 6.58. The number of sulfonamides is 1. The number of carbonyl (C=O) groups excluding carboxylic acids is 1. The second-order valence-corrected chi connectivity index (χ2v) is 8.45. The fraction of sp³-hybridized carbons (Fsp3) is 0.118. The van der Waals surface area contributed by atoms with E-state index in [-0.39, 0.29) is 17.0 Å². The Hall–Kier alpha value is -2.65. The maximum absolute atomic E-state index is 12.5. The molecule has 0 unspecified atom stereocenters.